The number of hydrogen-bond donors (Lipinski definition) is 2. The number of rotatable bonds is 3. The van der Waals surface area contributed by atoms with Gasteiger partial charge in [0, 0.05) is 32.2 Å². The zero-order valence-electron chi connectivity index (χ0n) is 10.2. The summed E-state index contributed by atoms with van der Waals surface area (Å²) in [6.07, 6.45) is 0.936. The molecule has 1 aromatic rings. The summed E-state index contributed by atoms with van der Waals surface area (Å²) in [6.45, 7) is 2.73. The van der Waals surface area contributed by atoms with Gasteiger partial charge in [0.1, 0.15) is 11.6 Å². The van der Waals surface area contributed by atoms with Gasteiger partial charge in [0.25, 0.3) is 0 Å². The second-order valence-corrected chi connectivity index (χ2v) is 4.82. The quantitative estimate of drug-likeness (QED) is 0.854. The molecule has 0 bridgehead atoms. The normalized spacial score (nSPS) is 20.0. The highest BCUT2D eigenvalue weighted by molar-refractivity contribution is 5.25. The van der Waals surface area contributed by atoms with Crippen LogP contribution in [0, 0.1) is 11.6 Å². The molecule has 0 aliphatic carbocycles. The predicted octanol–water partition coefficient (Wildman–Crippen LogP) is 1.21. The fourth-order valence-electron chi connectivity index (χ4n) is 2.44. The summed E-state index contributed by atoms with van der Waals surface area (Å²) in [5.41, 5.74) is 4.67. The molecule has 1 aromatic carbocycles. The van der Waals surface area contributed by atoms with Crippen LogP contribution in [-0.2, 0) is 5.60 Å². The number of halogens is 2. The van der Waals surface area contributed by atoms with Gasteiger partial charge in [-0.2, -0.15) is 0 Å². The lowest BCUT2D eigenvalue weighted by molar-refractivity contribution is -0.0256. The molecule has 3 N–H and O–H groups in total. The maximum absolute atomic E-state index is 13.2. The second-order valence-electron chi connectivity index (χ2n) is 4.82. The lowest BCUT2D eigenvalue weighted by Crippen LogP contribution is -2.44. The lowest BCUT2D eigenvalue weighted by Gasteiger charge is -2.38. The highest BCUT2D eigenvalue weighted by atomic mass is 19.1. The van der Waals surface area contributed by atoms with Gasteiger partial charge in [-0.15, -0.1) is 0 Å². The van der Waals surface area contributed by atoms with Crippen molar-refractivity contribution in [2.24, 2.45) is 5.73 Å². The van der Waals surface area contributed by atoms with Gasteiger partial charge in [-0.1, -0.05) is 0 Å². The molecule has 0 amide bonds. The first-order chi connectivity index (χ1) is 8.53. The van der Waals surface area contributed by atoms with Gasteiger partial charge in [-0.25, -0.2) is 8.78 Å². The number of benzene rings is 1. The Morgan fingerprint density at radius 3 is 2.22 bits per heavy atom. The van der Waals surface area contributed by atoms with E-state index >= 15 is 0 Å². The van der Waals surface area contributed by atoms with Gasteiger partial charge < -0.3 is 15.7 Å². The number of hydrogen-bond acceptors (Lipinski definition) is 3. The largest absolute Gasteiger partial charge is 0.385 e. The first-order valence-electron chi connectivity index (χ1n) is 6.15. The van der Waals surface area contributed by atoms with Crippen molar-refractivity contribution in [2.45, 2.75) is 18.4 Å². The van der Waals surface area contributed by atoms with Crippen molar-refractivity contribution in [3.63, 3.8) is 0 Å². The summed E-state index contributed by atoms with van der Waals surface area (Å²) < 4.78 is 26.3. The van der Waals surface area contributed by atoms with Crippen LogP contribution in [0.2, 0.25) is 0 Å². The van der Waals surface area contributed by atoms with Crippen molar-refractivity contribution in [3.8, 4) is 0 Å². The Kier molecular flexibility index (Phi) is 3.94. The molecule has 18 heavy (non-hydrogen) atoms. The molecule has 3 nitrogen and oxygen atoms in total. The van der Waals surface area contributed by atoms with Gasteiger partial charge in [0.15, 0.2) is 0 Å². The Morgan fingerprint density at radius 2 is 1.72 bits per heavy atom. The van der Waals surface area contributed by atoms with Crippen molar-refractivity contribution < 1.29 is 13.9 Å². The van der Waals surface area contributed by atoms with E-state index < -0.39 is 17.2 Å². The smallest absolute Gasteiger partial charge is 0.126 e. The number of piperidine rings is 1. The van der Waals surface area contributed by atoms with Gasteiger partial charge in [-0.3, -0.25) is 0 Å². The third-order valence-electron chi connectivity index (χ3n) is 3.53. The van der Waals surface area contributed by atoms with Crippen molar-refractivity contribution in [2.75, 3.05) is 26.2 Å². The van der Waals surface area contributed by atoms with Gasteiger partial charge in [0.05, 0.1) is 5.60 Å². The van der Waals surface area contributed by atoms with Gasteiger partial charge in [-0.05, 0) is 30.5 Å². The van der Waals surface area contributed by atoms with E-state index in [1.807, 2.05) is 0 Å². The van der Waals surface area contributed by atoms with Crippen LogP contribution in [0.1, 0.15) is 18.4 Å². The van der Waals surface area contributed by atoms with Crippen LogP contribution in [0.4, 0.5) is 8.78 Å². The first-order valence-corrected chi connectivity index (χ1v) is 6.15. The van der Waals surface area contributed by atoms with Crippen molar-refractivity contribution in [1.29, 1.82) is 0 Å². The zero-order valence-corrected chi connectivity index (χ0v) is 10.2. The van der Waals surface area contributed by atoms with Crippen molar-refractivity contribution in [3.05, 3.63) is 35.4 Å². The molecule has 0 atom stereocenters. The number of nitrogens with two attached hydrogens (primary N) is 1. The Morgan fingerprint density at radius 1 is 1.17 bits per heavy atom. The molecule has 100 valence electrons. The van der Waals surface area contributed by atoms with Crippen molar-refractivity contribution in [1.82, 2.24) is 4.90 Å². The topological polar surface area (TPSA) is 49.5 Å². The minimum Gasteiger partial charge on any atom is -0.385 e. The Hall–Kier alpha value is -1.04. The summed E-state index contributed by atoms with van der Waals surface area (Å²) in [7, 11) is 0. The summed E-state index contributed by atoms with van der Waals surface area (Å²) in [6, 6.07) is 3.24. The number of aliphatic hydroxyl groups is 1. The lowest BCUT2D eigenvalue weighted by atomic mass is 9.84. The van der Waals surface area contributed by atoms with E-state index in [0.29, 0.717) is 38.0 Å². The molecule has 1 fully saturated rings. The van der Waals surface area contributed by atoms with Crippen LogP contribution < -0.4 is 5.73 Å². The highest BCUT2D eigenvalue weighted by Crippen LogP contribution is 2.33. The first kappa shape index (κ1) is 13.4. The molecule has 0 unspecified atom stereocenters. The van der Waals surface area contributed by atoms with Gasteiger partial charge in [0.2, 0.25) is 0 Å². The maximum Gasteiger partial charge on any atom is 0.126 e. The molecule has 1 aliphatic heterocycles. The van der Waals surface area contributed by atoms with E-state index in [1.54, 1.807) is 0 Å². The minimum atomic E-state index is -1.13. The Bertz CT molecular complexity index is 397. The predicted molar refractivity (Wildman–Crippen MR) is 65.0 cm³/mol. The second kappa shape index (κ2) is 5.30. The average molecular weight is 256 g/mol. The monoisotopic (exact) mass is 256 g/mol. The molecular weight excluding hydrogens is 238 g/mol. The molecule has 0 radical (unpaired) electrons. The third-order valence-corrected chi connectivity index (χ3v) is 3.53. The maximum atomic E-state index is 13.2. The van der Waals surface area contributed by atoms with E-state index in [4.69, 9.17) is 5.73 Å². The minimum absolute atomic E-state index is 0.326. The van der Waals surface area contributed by atoms with E-state index in [-0.39, 0.29) is 0 Å². The molecular formula is C13H18F2N2O. The highest BCUT2D eigenvalue weighted by Gasteiger charge is 2.34. The Balaban J connectivity index is 2.13. The van der Waals surface area contributed by atoms with Crippen LogP contribution in [-0.4, -0.2) is 36.2 Å². The molecule has 1 heterocycles. The van der Waals surface area contributed by atoms with Gasteiger partial charge >= 0.3 is 0 Å². The average Bonchev–Trinajstić information content (AvgIpc) is 2.31. The molecule has 0 saturated carbocycles. The SMILES string of the molecule is NCCN1CCC(O)(c2cc(F)cc(F)c2)CC1. The molecule has 1 saturated heterocycles. The summed E-state index contributed by atoms with van der Waals surface area (Å²) in [4.78, 5) is 2.14. The fourth-order valence-corrected chi connectivity index (χ4v) is 2.44. The standard InChI is InChI=1S/C13H18F2N2O/c14-11-7-10(8-12(15)9-11)13(18)1-4-17(5-2-13)6-3-16/h7-9,18H,1-6,16H2. The number of nitrogens with zero attached hydrogens (tertiary/aromatic N) is 1. The summed E-state index contributed by atoms with van der Waals surface area (Å²) in [5.74, 6) is -1.30. The fraction of sp³-hybridized carbons (Fsp3) is 0.538. The van der Waals surface area contributed by atoms with Crippen LogP contribution in [0.15, 0.2) is 18.2 Å². The third kappa shape index (κ3) is 2.85. The van der Waals surface area contributed by atoms with E-state index in [1.165, 1.54) is 12.1 Å². The van der Waals surface area contributed by atoms with Crippen LogP contribution in [0.3, 0.4) is 0 Å². The zero-order chi connectivity index (χ0) is 13.2. The van der Waals surface area contributed by atoms with E-state index in [0.717, 1.165) is 12.6 Å². The molecule has 1 aliphatic rings. The molecule has 0 aromatic heterocycles. The van der Waals surface area contributed by atoms with E-state index in [9.17, 15) is 13.9 Å². The van der Waals surface area contributed by atoms with E-state index in [2.05, 4.69) is 4.90 Å². The molecule has 2 rings (SSSR count). The summed E-state index contributed by atoms with van der Waals surface area (Å²) >= 11 is 0. The molecule has 5 heteroatoms. The van der Waals surface area contributed by atoms with Crippen LogP contribution >= 0.6 is 0 Å². The molecule has 0 spiro atoms. The summed E-state index contributed by atoms with van der Waals surface area (Å²) in [5, 5.41) is 10.5. The van der Waals surface area contributed by atoms with Crippen LogP contribution in [0.5, 0.6) is 0 Å². The number of likely N-dealkylation sites (tertiary alicyclic amines) is 1. The van der Waals surface area contributed by atoms with Crippen LogP contribution in [0.25, 0.3) is 0 Å². The Labute approximate surface area is 105 Å². The van der Waals surface area contributed by atoms with Crippen molar-refractivity contribution >= 4 is 0 Å².